The zero-order valence-electron chi connectivity index (χ0n) is 9.61. The Morgan fingerprint density at radius 2 is 2.13 bits per heavy atom. The maximum Gasteiger partial charge on any atom is 0.307 e. The van der Waals surface area contributed by atoms with Crippen molar-refractivity contribution in [3.63, 3.8) is 0 Å². The Morgan fingerprint density at radius 3 is 2.53 bits per heavy atom. The van der Waals surface area contributed by atoms with E-state index in [1.54, 1.807) is 11.8 Å². The van der Waals surface area contributed by atoms with Crippen molar-refractivity contribution in [2.24, 2.45) is 11.8 Å². The van der Waals surface area contributed by atoms with Crippen LogP contribution in [0.15, 0.2) is 0 Å². The minimum absolute atomic E-state index is 0.140. The van der Waals surface area contributed by atoms with Gasteiger partial charge in [-0.1, -0.05) is 6.92 Å². The van der Waals surface area contributed by atoms with E-state index in [0.29, 0.717) is 5.92 Å². The Morgan fingerprint density at radius 1 is 1.53 bits per heavy atom. The van der Waals surface area contributed by atoms with E-state index < -0.39 is 5.97 Å². The lowest BCUT2D eigenvalue weighted by Crippen LogP contribution is -2.38. The van der Waals surface area contributed by atoms with Gasteiger partial charge < -0.3 is 10.0 Å². The maximum atomic E-state index is 11.1. The van der Waals surface area contributed by atoms with Crippen molar-refractivity contribution in [3.05, 3.63) is 0 Å². The number of carboxylic acid groups (broad SMARTS) is 1. The molecule has 0 radical (unpaired) electrons. The number of carbonyl (C=O) groups is 1. The zero-order valence-corrected chi connectivity index (χ0v) is 10.4. The molecule has 1 unspecified atom stereocenters. The van der Waals surface area contributed by atoms with Crippen molar-refractivity contribution >= 4 is 17.7 Å². The molecule has 0 saturated carbocycles. The topological polar surface area (TPSA) is 40.5 Å². The second-order valence-corrected chi connectivity index (χ2v) is 5.08. The highest BCUT2D eigenvalue weighted by molar-refractivity contribution is 7.98. The molecule has 15 heavy (non-hydrogen) atoms. The number of thioether (sulfide) groups is 1. The van der Waals surface area contributed by atoms with Gasteiger partial charge in [0.2, 0.25) is 0 Å². The molecule has 0 spiro atoms. The smallest absolute Gasteiger partial charge is 0.307 e. The van der Waals surface area contributed by atoms with Gasteiger partial charge in [0.1, 0.15) is 0 Å². The molecule has 4 heteroatoms. The normalized spacial score (nSPS) is 21.5. The molecule has 88 valence electrons. The van der Waals surface area contributed by atoms with Crippen molar-refractivity contribution in [2.75, 3.05) is 31.6 Å². The van der Waals surface area contributed by atoms with Crippen molar-refractivity contribution in [1.29, 1.82) is 0 Å². The van der Waals surface area contributed by atoms with E-state index in [1.807, 2.05) is 6.26 Å². The van der Waals surface area contributed by atoms with E-state index in [9.17, 15) is 4.79 Å². The minimum Gasteiger partial charge on any atom is -0.481 e. The second-order valence-electron chi connectivity index (χ2n) is 4.17. The summed E-state index contributed by atoms with van der Waals surface area (Å²) in [6.45, 7) is 5.39. The number of likely N-dealkylation sites (tertiary alicyclic amines) is 1. The van der Waals surface area contributed by atoms with Gasteiger partial charge in [-0.05, 0) is 44.6 Å². The van der Waals surface area contributed by atoms with Crippen LogP contribution in [-0.4, -0.2) is 47.6 Å². The molecule has 0 aliphatic carbocycles. The predicted molar refractivity (Wildman–Crippen MR) is 64.3 cm³/mol. The van der Waals surface area contributed by atoms with Crippen LogP contribution in [0.2, 0.25) is 0 Å². The van der Waals surface area contributed by atoms with Gasteiger partial charge in [0.15, 0.2) is 0 Å². The van der Waals surface area contributed by atoms with E-state index in [4.69, 9.17) is 5.11 Å². The van der Waals surface area contributed by atoms with Crippen LogP contribution in [0.5, 0.6) is 0 Å². The van der Waals surface area contributed by atoms with Gasteiger partial charge in [0, 0.05) is 5.75 Å². The van der Waals surface area contributed by atoms with Gasteiger partial charge in [-0.25, -0.2) is 0 Å². The molecule has 1 atom stereocenters. The van der Waals surface area contributed by atoms with E-state index >= 15 is 0 Å². The summed E-state index contributed by atoms with van der Waals surface area (Å²) in [4.78, 5) is 13.5. The number of hydrogen-bond donors (Lipinski definition) is 1. The zero-order chi connectivity index (χ0) is 11.3. The number of rotatable bonds is 5. The number of hydrogen-bond acceptors (Lipinski definition) is 3. The third kappa shape index (κ3) is 3.68. The SMILES string of the molecule is CCN1CCC(C(CSC)C(=O)O)CC1. The van der Waals surface area contributed by atoms with Crippen LogP contribution < -0.4 is 0 Å². The molecule has 1 N–H and O–H groups in total. The Bertz CT molecular complexity index is 203. The van der Waals surface area contributed by atoms with Crippen LogP contribution in [0.25, 0.3) is 0 Å². The first-order valence-electron chi connectivity index (χ1n) is 5.63. The van der Waals surface area contributed by atoms with E-state index in [0.717, 1.165) is 38.2 Å². The average molecular weight is 231 g/mol. The fourth-order valence-corrected chi connectivity index (χ4v) is 3.03. The lowest BCUT2D eigenvalue weighted by atomic mass is 9.85. The molecule has 1 aliphatic rings. The number of aliphatic carboxylic acids is 1. The Kier molecular flexibility index (Phi) is 5.47. The summed E-state index contributed by atoms with van der Waals surface area (Å²) in [5.41, 5.74) is 0. The molecule has 1 rings (SSSR count). The van der Waals surface area contributed by atoms with Gasteiger partial charge in [-0.3, -0.25) is 4.79 Å². The summed E-state index contributed by atoms with van der Waals surface area (Å²) >= 11 is 1.64. The first kappa shape index (κ1) is 12.8. The number of nitrogens with zero attached hydrogens (tertiary/aromatic N) is 1. The number of carboxylic acids is 1. The number of piperidine rings is 1. The summed E-state index contributed by atoms with van der Waals surface area (Å²) < 4.78 is 0. The summed E-state index contributed by atoms with van der Waals surface area (Å²) in [7, 11) is 0. The molecule has 0 amide bonds. The highest BCUT2D eigenvalue weighted by Crippen LogP contribution is 2.27. The van der Waals surface area contributed by atoms with E-state index in [2.05, 4.69) is 11.8 Å². The van der Waals surface area contributed by atoms with Crippen LogP contribution in [0.1, 0.15) is 19.8 Å². The van der Waals surface area contributed by atoms with Gasteiger partial charge in [0.25, 0.3) is 0 Å². The van der Waals surface area contributed by atoms with Crippen LogP contribution >= 0.6 is 11.8 Å². The van der Waals surface area contributed by atoms with Gasteiger partial charge in [0.05, 0.1) is 5.92 Å². The third-order valence-electron chi connectivity index (χ3n) is 3.31. The van der Waals surface area contributed by atoms with Crippen LogP contribution in [0, 0.1) is 11.8 Å². The van der Waals surface area contributed by atoms with Gasteiger partial charge >= 0.3 is 5.97 Å². The van der Waals surface area contributed by atoms with Crippen molar-refractivity contribution in [3.8, 4) is 0 Å². The Balaban J connectivity index is 2.45. The lowest BCUT2D eigenvalue weighted by molar-refractivity contribution is -0.143. The Labute approximate surface area is 96.2 Å². The molecule has 0 bridgehead atoms. The molecule has 1 aliphatic heterocycles. The molecule has 0 aromatic rings. The first-order chi connectivity index (χ1) is 7.19. The van der Waals surface area contributed by atoms with Crippen molar-refractivity contribution < 1.29 is 9.90 Å². The van der Waals surface area contributed by atoms with Crippen LogP contribution in [0.4, 0.5) is 0 Å². The van der Waals surface area contributed by atoms with Crippen LogP contribution in [0.3, 0.4) is 0 Å². The maximum absolute atomic E-state index is 11.1. The van der Waals surface area contributed by atoms with Crippen LogP contribution in [-0.2, 0) is 4.79 Å². The molecule has 0 aromatic carbocycles. The fraction of sp³-hybridized carbons (Fsp3) is 0.909. The largest absolute Gasteiger partial charge is 0.481 e. The molecule has 0 aromatic heterocycles. The van der Waals surface area contributed by atoms with Gasteiger partial charge in [-0.2, -0.15) is 11.8 Å². The standard InChI is InChI=1S/C11H21NO2S/c1-3-12-6-4-9(5-7-12)10(8-15-2)11(13)14/h9-10H,3-8H2,1-2H3,(H,13,14). The molecule has 3 nitrogen and oxygen atoms in total. The van der Waals surface area contributed by atoms with Gasteiger partial charge in [-0.15, -0.1) is 0 Å². The second kappa shape index (κ2) is 6.38. The third-order valence-corrected chi connectivity index (χ3v) is 4.00. The molecular formula is C11H21NO2S. The monoisotopic (exact) mass is 231 g/mol. The van der Waals surface area contributed by atoms with E-state index in [1.165, 1.54) is 0 Å². The molecule has 1 saturated heterocycles. The van der Waals surface area contributed by atoms with Crippen molar-refractivity contribution in [2.45, 2.75) is 19.8 Å². The predicted octanol–water partition coefficient (Wildman–Crippen LogP) is 1.78. The highest BCUT2D eigenvalue weighted by atomic mass is 32.2. The molecular weight excluding hydrogens is 210 g/mol. The molecule has 1 heterocycles. The summed E-state index contributed by atoms with van der Waals surface area (Å²) in [5, 5.41) is 9.15. The average Bonchev–Trinajstić information content (AvgIpc) is 2.26. The minimum atomic E-state index is -0.612. The summed E-state index contributed by atoms with van der Waals surface area (Å²) in [6.07, 6.45) is 4.08. The lowest BCUT2D eigenvalue weighted by Gasteiger charge is -2.33. The highest BCUT2D eigenvalue weighted by Gasteiger charge is 2.30. The first-order valence-corrected chi connectivity index (χ1v) is 7.02. The fourth-order valence-electron chi connectivity index (χ4n) is 2.26. The van der Waals surface area contributed by atoms with Crippen molar-refractivity contribution in [1.82, 2.24) is 4.90 Å². The Hall–Kier alpha value is -0.220. The quantitative estimate of drug-likeness (QED) is 0.783. The molecule has 1 fully saturated rings. The van der Waals surface area contributed by atoms with E-state index in [-0.39, 0.29) is 5.92 Å². The summed E-state index contributed by atoms with van der Waals surface area (Å²) in [5.74, 6) is 0.391. The summed E-state index contributed by atoms with van der Waals surface area (Å²) in [6, 6.07) is 0.